The minimum Gasteiger partial charge on any atom is -0.351 e. The van der Waals surface area contributed by atoms with Gasteiger partial charge in [-0.1, -0.05) is 6.07 Å². The normalized spacial score (nSPS) is 18.8. The van der Waals surface area contributed by atoms with Gasteiger partial charge in [-0.2, -0.15) is 0 Å². The number of likely N-dealkylation sites (tertiary alicyclic amines) is 1. The van der Waals surface area contributed by atoms with Crippen LogP contribution in [0.5, 0.6) is 0 Å². The molecule has 6 nitrogen and oxygen atoms in total. The highest BCUT2D eigenvalue weighted by Gasteiger charge is 2.28. The zero-order chi connectivity index (χ0) is 14.5. The maximum Gasteiger partial charge on any atom is 0.272 e. The van der Waals surface area contributed by atoms with Crippen LogP contribution in [0.4, 0.5) is 0 Å². The van der Waals surface area contributed by atoms with Crippen molar-refractivity contribution in [2.45, 2.75) is 31.8 Å². The number of hydrogen-bond acceptors (Lipinski definition) is 4. The lowest BCUT2D eigenvalue weighted by Crippen LogP contribution is -2.40. The Labute approximate surface area is 130 Å². The number of nitrogens with two attached hydrogens (primary N) is 1. The van der Waals surface area contributed by atoms with Crippen molar-refractivity contribution < 1.29 is 9.59 Å². The molecule has 1 aromatic heterocycles. The van der Waals surface area contributed by atoms with Gasteiger partial charge in [0.15, 0.2) is 0 Å². The molecule has 0 saturated carbocycles. The Morgan fingerprint density at radius 2 is 2.29 bits per heavy atom. The minimum absolute atomic E-state index is 0. The Morgan fingerprint density at radius 3 is 2.90 bits per heavy atom. The summed E-state index contributed by atoms with van der Waals surface area (Å²) in [6.07, 6.45) is 2.68. The van der Waals surface area contributed by atoms with Crippen molar-refractivity contribution in [1.82, 2.24) is 15.2 Å². The van der Waals surface area contributed by atoms with E-state index in [1.54, 1.807) is 36.2 Å². The highest BCUT2D eigenvalue weighted by Crippen LogP contribution is 2.12. The summed E-state index contributed by atoms with van der Waals surface area (Å²) in [4.78, 5) is 29.6. The van der Waals surface area contributed by atoms with Gasteiger partial charge in [-0.05, 0) is 25.5 Å². The molecule has 7 heteroatoms. The van der Waals surface area contributed by atoms with Crippen LogP contribution < -0.4 is 11.1 Å². The molecule has 1 aromatic rings. The van der Waals surface area contributed by atoms with Gasteiger partial charge < -0.3 is 16.0 Å². The third-order valence-electron chi connectivity index (χ3n) is 3.23. The molecule has 0 radical (unpaired) electrons. The molecule has 1 aliphatic heterocycles. The topological polar surface area (TPSA) is 88.3 Å². The predicted molar refractivity (Wildman–Crippen MR) is 82.2 cm³/mol. The number of pyridine rings is 1. The van der Waals surface area contributed by atoms with Crippen LogP contribution in [0.15, 0.2) is 24.4 Å². The van der Waals surface area contributed by atoms with E-state index in [0.717, 1.165) is 6.42 Å². The average Bonchev–Trinajstić information content (AvgIpc) is 2.86. The van der Waals surface area contributed by atoms with E-state index in [1.807, 2.05) is 0 Å². The molecule has 0 aliphatic carbocycles. The highest BCUT2D eigenvalue weighted by molar-refractivity contribution is 5.92. The molecule has 1 fully saturated rings. The third-order valence-corrected chi connectivity index (χ3v) is 3.23. The first kappa shape index (κ1) is 17.4. The van der Waals surface area contributed by atoms with Gasteiger partial charge in [0.05, 0.1) is 0 Å². The van der Waals surface area contributed by atoms with E-state index in [-0.39, 0.29) is 36.3 Å². The van der Waals surface area contributed by atoms with Gasteiger partial charge in [0.25, 0.3) is 5.91 Å². The summed E-state index contributed by atoms with van der Waals surface area (Å²) in [5.74, 6) is -0.147. The van der Waals surface area contributed by atoms with E-state index in [4.69, 9.17) is 5.73 Å². The maximum absolute atomic E-state index is 12.2. The SMILES string of the molecule is CC(N)CC(=O)NC1CCN(C(=O)c2ccccn2)C1.Cl. The van der Waals surface area contributed by atoms with Gasteiger partial charge >= 0.3 is 0 Å². The van der Waals surface area contributed by atoms with E-state index in [1.165, 1.54) is 0 Å². The molecule has 2 atom stereocenters. The van der Waals surface area contributed by atoms with Gasteiger partial charge in [-0.3, -0.25) is 14.6 Å². The monoisotopic (exact) mass is 312 g/mol. The first-order valence-corrected chi connectivity index (χ1v) is 6.81. The number of carbonyl (C=O) groups is 2. The molecule has 2 heterocycles. The fraction of sp³-hybridized carbons (Fsp3) is 0.500. The van der Waals surface area contributed by atoms with Crippen LogP contribution in [0.1, 0.15) is 30.3 Å². The molecule has 2 rings (SSSR count). The first-order chi connectivity index (χ1) is 9.56. The second-order valence-electron chi connectivity index (χ2n) is 5.20. The summed E-state index contributed by atoms with van der Waals surface area (Å²) in [5.41, 5.74) is 6.03. The molecule has 21 heavy (non-hydrogen) atoms. The highest BCUT2D eigenvalue weighted by atomic mass is 35.5. The fourth-order valence-corrected chi connectivity index (χ4v) is 2.29. The molecule has 2 amide bonds. The number of hydrogen-bond donors (Lipinski definition) is 2. The Morgan fingerprint density at radius 1 is 1.52 bits per heavy atom. The van der Waals surface area contributed by atoms with Crippen molar-refractivity contribution in [3.05, 3.63) is 30.1 Å². The standard InChI is InChI=1S/C14H20N4O2.ClH/c1-10(15)8-13(19)17-11-5-7-18(9-11)14(20)12-4-2-3-6-16-12;/h2-4,6,10-11H,5,7-9,15H2,1H3,(H,17,19);1H. The smallest absolute Gasteiger partial charge is 0.272 e. The van der Waals surface area contributed by atoms with Crippen molar-refractivity contribution in [1.29, 1.82) is 0 Å². The van der Waals surface area contributed by atoms with Crippen LogP contribution in [-0.2, 0) is 4.79 Å². The Balaban J connectivity index is 0.00000220. The Hall–Kier alpha value is -1.66. The maximum atomic E-state index is 12.2. The molecule has 0 spiro atoms. The number of nitrogens with one attached hydrogen (secondary N) is 1. The van der Waals surface area contributed by atoms with E-state index in [9.17, 15) is 9.59 Å². The van der Waals surface area contributed by atoms with Crippen molar-refractivity contribution in [2.24, 2.45) is 5.73 Å². The van der Waals surface area contributed by atoms with Gasteiger partial charge in [0.1, 0.15) is 5.69 Å². The van der Waals surface area contributed by atoms with Gasteiger partial charge in [0, 0.05) is 37.8 Å². The van der Waals surface area contributed by atoms with Gasteiger partial charge in [0.2, 0.25) is 5.91 Å². The summed E-state index contributed by atoms with van der Waals surface area (Å²) >= 11 is 0. The number of rotatable bonds is 4. The van der Waals surface area contributed by atoms with Gasteiger partial charge in [-0.25, -0.2) is 0 Å². The number of nitrogens with zero attached hydrogens (tertiary/aromatic N) is 2. The average molecular weight is 313 g/mol. The van der Waals surface area contributed by atoms with Crippen LogP contribution in [-0.4, -0.2) is 46.9 Å². The van der Waals surface area contributed by atoms with Crippen LogP contribution in [0.3, 0.4) is 0 Å². The predicted octanol–water partition coefficient (Wildman–Crippen LogP) is 0.571. The van der Waals surface area contributed by atoms with E-state index < -0.39 is 0 Å². The van der Waals surface area contributed by atoms with E-state index in [0.29, 0.717) is 25.2 Å². The molecular weight excluding hydrogens is 292 g/mol. The molecule has 1 saturated heterocycles. The van der Waals surface area contributed by atoms with Crippen molar-refractivity contribution in [3.8, 4) is 0 Å². The number of amides is 2. The summed E-state index contributed by atoms with van der Waals surface area (Å²) in [6.45, 7) is 2.96. The number of halogens is 1. The molecule has 0 aromatic carbocycles. The van der Waals surface area contributed by atoms with Gasteiger partial charge in [-0.15, -0.1) is 12.4 Å². The van der Waals surface area contributed by atoms with Crippen LogP contribution in [0.2, 0.25) is 0 Å². The van der Waals surface area contributed by atoms with Crippen molar-refractivity contribution in [3.63, 3.8) is 0 Å². The van der Waals surface area contributed by atoms with Crippen molar-refractivity contribution in [2.75, 3.05) is 13.1 Å². The van der Waals surface area contributed by atoms with E-state index in [2.05, 4.69) is 10.3 Å². The summed E-state index contributed by atoms with van der Waals surface area (Å²) < 4.78 is 0. The zero-order valence-electron chi connectivity index (χ0n) is 12.0. The molecule has 1 aliphatic rings. The number of carbonyl (C=O) groups excluding carboxylic acids is 2. The first-order valence-electron chi connectivity index (χ1n) is 6.81. The summed E-state index contributed by atoms with van der Waals surface area (Å²) in [5, 5.41) is 2.91. The zero-order valence-corrected chi connectivity index (χ0v) is 12.8. The van der Waals surface area contributed by atoms with Crippen LogP contribution in [0.25, 0.3) is 0 Å². The van der Waals surface area contributed by atoms with Crippen LogP contribution >= 0.6 is 12.4 Å². The number of aromatic nitrogens is 1. The Bertz CT molecular complexity index is 481. The fourth-order valence-electron chi connectivity index (χ4n) is 2.29. The summed E-state index contributed by atoms with van der Waals surface area (Å²) in [6, 6.07) is 5.12. The molecule has 0 bridgehead atoms. The van der Waals surface area contributed by atoms with Crippen molar-refractivity contribution >= 4 is 24.2 Å². The second-order valence-corrected chi connectivity index (χ2v) is 5.20. The lowest BCUT2D eigenvalue weighted by Gasteiger charge is -2.17. The van der Waals surface area contributed by atoms with E-state index >= 15 is 0 Å². The molecule has 2 unspecified atom stereocenters. The molecule has 3 N–H and O–H groups in total. The largest absolute Gasteiger partial charge is 0.351 e. The lowest BCUT2D eigenvalue weighted by molar-refractivity contribution is -0.121. The molecular formula is C14H21ClN4O2. The lowest BCUT2D eigenvalue weighted by atomic mass is 10.2. The minimum atomic E-state index is -0.150. The van der Waals surface area contributed by atoms with Crippen LogP contribution in [0, 0.1) is 0 Å². The quantitative estimate of drug-likeness (QED) is 0.851. The second kappa shape index (κ2) is 7.95. The third kappa shape index (κ3) is 4.99. The Kier molecular flexibility index (Phi) is 6.58. The summed E-state index contributed by atoms with van der Waals surface area (Å²) in [7, 11) is 0. The molecule has 116 valence electrons.